The van der Waals surface area contributed by atoms with Gasteiger partial charge in [-0.1, -0.05) is 70.7 Å². The topological polar surface area (TPSA) is 44.4 Å². The first-order valence-corrected chi connectivity index (χ1v) is 13.8. The summed E-state index contributed by atoms with van der Waals surface area (Å²) in [4.78, 5) is 16.0. The Kier molecular flexibility index (Phi) is 12.0. The van der Waals surface area contributed by atoms with Crippen molar-refractivity contribution >= 4 is 11.6 Å². The first-order valence-electron chi connectivity index (χ1n) is 13.8. The molecule has 1 aromatic rings. The van der Waals surface area contributed by atoms with Crippen LogP contribution in [0, 0.1) is 24.2 Å². The molecule has 1 saturated heterocycles. The number of hydrogen-bond acceptors (Lipinski definition) is 3. The summed E-state index contributed by atoms with van der Waals surface area (Å²) in [6.45, 7) is 15.8. The van der Waals surface area contributed by atoms with E-state index in [2.05, 4.69) is 94.3 Å². The lowest BCUT2D eigenvalue weighted by atomic mass is 9.81. The van der Waals surface area contributed by atoms with Crippen molar-refractivity contribution in [2.24, 2.45) is 11.8 Å². The van der Waals surface area contributed by atoms with E-state index in [4.69, 9.17) is 6.42 Å². The third-order valence-corrected chi connectivity index (χ3v) is 7.31. The summed E-state index contributed by atoms with van der Waals surface area (Å²) < 4.78 is 0. The Bertz CT molecular complexity index is 947. The fraction of sp³-hybridized carbons (Fsp3) is 0.594. The molecule has 0 bridgehead atoms. The Hall–Kier alpha value is -2.35. The fourth-order valence-electron chi connectivity index (χ4n) is 5.01. The minimum Gasteiger partial charge on any atom is -0.326 e. The average molecular weight is 492 g/mol. The maximum atomic E-state index is 13.6. The zero-order valence-electron chi connectivity index (χ0n) is 23.8. The summed E-state index contributed by atoms with van der Waals surface area (Å²) in [5.74, 6) is 3.07. The normalized spacial score (nSPS) is 20.9. The predicted octanol–water partition coefficient (Wildman–Crippen LogP) is 6.55. The smallest absolute Gasteiger partial charge is 0.228 e. The van der Waals surface area contributed by atoms with Crippen LogP contribution in [0.5, 0.6) is 0 Å². The zero-order chi connectivity index (χ0) is 26.7. The van der Waals surface area contributed by atoms with Crippen molar-refractivity contribution in [1.29, 1.82) is 0 Å². The van der Waals surface area contributed by atoms with Crippen molar-refractivity contribution in [3.63, 3.8) is 0 Å². The number of rotatable bonds is 10. The number of nitrogens with zero attached hydrogens (tertiary/aromatic N) is 1. The second kappa shape index (κ2) is 14.4. The summed E-state index contributed by atoms with van der Waals surface area (Å²) in [5, 5.41) is 6.78. The molecule has 3 unspecified atom stereocenters. The van der Waals surface area contributed by atoms with Crippen LogP contribution < -0.4 is 10.6 Å². The highest BCUT2D eigenvalue weighted by atomic mass is 16.1. The predicted molar refractivity (Wildman–Crippen MR) is 155 cm³/mol. The third-order valence-electron chi connectivity index (χ3n) is 7.31. The van der Waals surface area contributed by atoms with Crippen molar-refractivity contribution < 1.29 is 4.79 Å². The molecule has 0 spiro atoms. The minimum atomic E-state index is -0.0650. The van der Waals surface area contributed by atoms with Crippen molar-refractivity contribution in [2.75, 3.05) is 32.0 Å². The third kappa shape index (κ3) is 9.26. The van der Waals surface area contributed by atoms with Crippen LogP contribution in [0.1, 0.15) is 79.2 Å². The molecule has 1 fully saturated rings. The number of hydrogen-bond donors (Lipinski definition) is 2. The van der Waals surface area contributed by atoms with Crippen LogP contribution in [0.15, 0.2) is 47.6 Å². The van der Waals surface area contributed by atoms with Crippen LogP contribution in [0.3, 0.4) is 0 Å². The average Bonchev–Trinajstić information content (AvgIpc) is 3.02. The molecular formula is C32H49N3O. The van der Waals surface area contributed by atoms with Gasteiger partial charge in [0.05, 0.1) is 0 Å². The molecule has 36 heavy (non-hydrogen) atoms. The Labute approximate surface area is 221 Å². The Morgan fingerprint density at radius 3 is 2.64 bits per heavy atom. The number of carbonyl (C=O) groups is 1. The van der Waals surface area contributed by atoms with E-state index in [0.717, 1.165) is 56.5 Å². The van der Waals surface area contributed by atoms with E-state index < -0.39 is 0 Å². The summed E-state index contributed by atoms with van der Waals surface area (Å²) >= 11 is 0. The van der Waals surface area contributed by atoms with Gasteiger partial charge >= 0.3 is 0 Å². The molecule has 0 aliphatic carbocycles. The molecule has 0 saturated carbocycles. The SMILES string of the molecule is C#C/C(=C\C=C(/CC)C1CN(C)CCCC1C(=O)Nc1cccc(C(C)(C)C)c1)CNC(C)CCC. The standard InChI is InChI=1S/C32H49N3O/c1-9-14-24(4)33-22-25(10-2)18-19-26(11-3)30-23-35(8)20-13-17-29(30)31(36)34-28-16-12-15-27(21-28)32(5,6)7/h2,12,15-16,18-19,21,24,29-30,33H,9,11,13-14,17,20,22-23H2,1,3-8H3,(H,34,36)/b25-18+,26-19+. The molecule has 3 atom stereocenters. The van der Waals surface area contributed by atoms with Gasteiger partial charge in [0.25, 0.3) is 0 Å². The molecule has 2 N–H and O–H groups in total. The number of benzene rings is 1. The summed E-state index contributed by atoms with van der Waals surface area (Å²) in [6, 6.07) is 8.72. The largest absolute Gasteiger partial charge is 0.326 e. The van der Waals surface area contributed by atoms with E-state index in [1.165, 1.54) is 11.1 Å². The maximum Gasteiger partial charge on any atom is 0.228 e. The van der Waals surface area contributed by atoms with Gasteiger partial charge in [0.15, 0.2) is 0 Å². The first kappa shape index (κ1) is 29.9. The first-order chi connectivity index (χ1) is 17.1. The molecule has 1 aromatic carbocycles. The van der Waals surface area contributed by atoms with E-state index in [1.54, 1.807) is 0 Å². The molecule has 4 heteroatoms. The summed E-state index contributed by atoms with van der Waals surface area (Å²) in [6.07, 6.45) is 15.2. The van der Waals surface area contributed by atoms with E-state index in [0.29, 0.717) is 12.6 Å². The number of terminal acetylenes is 1. The quantitative estimate of drug-likeness (QED) is 0.288. The molecule has 1 aliphatic rings. The number of nitrogens with one attached hydrogen (secondary N) is 2. The van der Waals surface area contributed by atoms with Gasteiger partial charge in [-0.2, -0.15) is 0 Å². The lowest BCUT2D eigenvalue weighted by Gasteiger charge is -2.28. The molecule has 0 radical (unpaired) electrons. The highest BCUT2D eigenvalue weighted by Crippen LogP contribution is 2.32. The van der Waals surface area contributed by atoms with Gasteiger partial charge in [0.2, 0.25) is 5.91 Å². The molecule has 1 heterocycles. The number of likely N-dealkylation sites (tertiary alicyclic amines) is 1. The Balaban J connectivity index is 2.26. The number of anilines is 1. The molecule has 0 aromatic heterocycles. The van der Waals surface area contributed by atoms with E-state index in [9.17, 15) is 4.79 Å². The summed E-state index contributed by atoms with van der Waals surface area (Å²) in [7, 11) is 2.16. The lowest BCUT2D eigenvalue weighted by molar-refractivity contribution is -0.121. The van der Waals surface area contributed by atoms with Crippen LogP contribution in [-0.4, -0.2) is 43.5 Å². The van der Waals surface area contributed by atoms with Crippen molar-refractivity contribution in [1.82, 2.24) is 10.2 Å². The molecule has 1 aliphatic heterocycles. The van der Waals surface area contributed by atoms with Gasteiger partial charge in [-0.05, 0) is 75.4 Å². The van der Waals surface area contributed by atoms with Gasteiger partial charge in [-0.25, -0.2) is 0 Å². The van der Waals surface area contributed by atoms with Gasteiger partial charge in [0.1, 0.15) is 0 Å². The number of carbonyl (C=O) groups excluding carboxylic acids is 1. The van der Waals surface area contributed by atoms with E-state index in [1.807, 2.05) is 12.1 Å². The molecule has 4 nitrogen and oxygen atoms in total. The Morgan fingerprint density at radius 2 is 2.00 bits per heavy atom. The van der Waals surface area contributed by atoms with Crippen LogP contribution in [0.2, 0.25) is 0 Å². The maximum absolute atomic E-state index is 13.6. The second-order valence-corrected chi connectivity index (χ2v) is 11.4. The highest BCUT2D eigenvalue weighted by molar-refractivity contribution is 5.93. The van der Waals surface area contributed by atoms with Gasteiger partial charge in [0, 0.05) is 42.2 Å². The summed E-state index contributed by atoms with van der Waals surface area (Å²) in [5.41, 5.74) is 4.39. The van der Waals surface area contributed by atoms with Crippen LogP contribution in [-0.2, 0) is 10.2 Å². The van der Waals surface area contributed by atoms with E-state index in [-0.39, 0.29) is 23.2 Å². The van der Waals surface area contributed by atoms with Crippen molar-refractivity contribution in [2.45, 2.75) is 85.1 Å². The molecule has 2 rings (SSSR count). The van der Waals surface area contributed by atoms with Gasteiger partial charge in [-0.3, -0.25) is 4.79 Å². The van der Waals surface area contributed by atoms with Crippen molar-refractivity contribution in [3.05, 3.63) is 53.1 Å². The molecule has 198 valence electrons. The van der Waals surface area contributed by atoms with Gasteiger partial charge < -0.3 is 15.5 Å². The second-order valence-electron chi connectivity index (χ2n) is 11.4. The minimum absolute atomic E-state index is 0.0384. The molecule has 1 amide bonds. The zero-order valence-corrected chi connectivity index (χ0v) is 23.8. The molecular weight excluding hydrogens is 442 g/mol. The monoisotopic (exact) mass is 491 g/mol. The van der Waals surface area contributed by atoms with Crippen LogP contribution in [0.4, 0.5) is 5.69 Å². The van der Waals surface area contributed by atoms with E-state index >= 15 is 0 Å². The van der Waals surface area contributed by atoms with Crippen LogP contribution in [0.25, 0.3) is 0 Å². The highest BCUT2D eigenvalue weighted by Gasteiger charge is 2.33. The van der Waals surface area contributed by atoms with Crippen LogP contribution >= 0.6 is 0 Å². The number of amides is 1. The number of allylic oxidation sites excluding steroid dienone is 2. The Morgan fingerprint density at radius 1 is 1.25 bits per heavy atom. The van der Waals surface area contributed by atoms with Crippen molar-refractivity contribution in [3.8, 4) is 12.3 Å². The fourth-order valence-corrected chi connectivity index (χ4v) is 5.01. The lowest BCUT2D eigenvalue weighted by Crippen LogP contribution is -2.34. The van der Waals surface area contributed by atoms with Gasteiger partial charge in [-0.15, -0.1) is 6.42 Å².